The largest absolute Gasteiger partial charge is 0.497 e. The summed E-state index contributed by atoms with van der Waals surface area (Å²) in [5.41, 5.74) is 0.901. The van der Waals surface area contributed by atoms with Crippen molar-refractivity contribution in [2.24, 2.45) is 0 Å². The molecule has 0 atom stereocenters. The summed E-state index contributed by atoms with van der Waals surface area (Å²) in [5, 5.41) is 17.2. The number of carboxylic acid groups (broad SMARTS) is 1. The minimum absolute atomic E-state index is 0.100. The molecule has 1 aromatic heterocycles. The van der Waals surface area contributed by atoms with Gasteiger partial charge in [0.25, 0.3) is 0 Å². The number of hydrogen-bond acceptors (Lipinski definition) is 5. The molecule has 1 heterocycles. The monoisotopic (exact) mass is 279 g/mol. The van der Waals surface area contributed by atoms with Crippen molar-refractivity contribution in [3.8, 4) is 17.1 Å². The third-order valence-corrected chi connectivity index (χ3v) is 3.25. The number of rotatable bonds is 6. The second kappa shape index (κ2) is 6.24. The van der Waals surface area contributed by atoms with Crippen molar-refractivity contribution in [3.05, 3.63) is 24.3 Å². The van der Waals surface area contributed by atoms with E-state index in [1.165, 1.54) is 11.8 Å². The van der Waals surface area contributed by atoms with E-state index < -0.39 is 5.97 Å². The number of H-pyrrole nitrogens is 1. The van der Waals surface area contributed by atoms with E-state index in [9.17, 15) is 4.79 Å². The number of carbonyl (C=O) groups is 1. The SMILES string of the molecule is COc1ccc(-c2nnc(SCCC(=O)O)[nH]2)cc1. The number of benzene rings is 1. The van der Waals surface area contributed by atoms with E-state index in [4.69, 9.17) is 9.84 Å². The van der Waals surface area contributed by atoms with Crippen LogP contribution in [0.1, 0.15) is 6.42 Å². The first-order valence-electron chi connectivity index (χ1n) is 5.61. The summed E-state index contributed by atoms with van der Waals surface area (Å²) in [6.07, 6.45) is 0.100. The first kappa shape index (κ1) is 13.4. The van der Waals surface area contributed by atoms with Gasteiger partial charge >= 0.3 is 5.97 Å². The molecule has 0 aliphatic rings. The Bertz CT molecular complexity index is 554. The predicted molar refractivity (Wildman–Crippen MR) is 71.3 cm³/mol. The van der Waals surface area contributed by atoms with Crippen LogP contribution in [-0.2, 0) is 4.79 Å². The molecule has 2 N–H and O–H groups in total. The zero-order valence-electron chi connectivity index (χ0n) is 10.3. The lowest BCUT2D eigenvalue weighted by Gasteiger charge is -1.99. The van der Waals surface area contributed by atoms with Gasteiger partial charge in [0, 0.05) is 11.3 Å². The van der Waals surface area contributed by atoms with Gasteiger partial charge in [-0.15, -0.1) is 10.2 Å². The van der Waals surface area contributed by atoms with Gasteiger partial charge in [0.15, 0.2) is 11.0 Å². The molecular formula is C12H13N3O3S. The second-order valence-corrected chi connectivity index (χ2v) is 4.78. The number of aliphatic carboxylic acids is 1. The van der Waals surface area contributed by atoms with Gasteiger partial charge in [0.05, 0.1) is 13.5 Å². The topological polar surface area (TPSA) is 88.1 Å². The molecule has 0 amide bonds. The van der Waals surface area contributed by atoms with Crippen LogP contribution in [-0.4, -0.2) is 39.1 Å². The zero-order valence-corrected chi connectivity index (χ0v) is 11.1. The van der Waals surface area contributed by atoms with E-state index in [2.05, 4.69) is 15.2 Å². The van der Waals surface area contributed by atoms with Gasteiger partial charge in [-0.25, -0.2) is 0 Å². The molecule has 2 aromatic rings. The molecule has 0 radical (unpaired) electrons. The lowest BCUT2D eigenvalue weighted by atomic mass is 10.2. The van der Waals surface area contributed by atoms with Crippen molar-refractivity contribution in [2.75, 3.05) is 12.9 Å². The maximum atomic E-state index is 10.4. The standard InChI is InChI=1S/C12H13N3O3S/c1-18-9-4-2-8(3-5-9)11-13-12(15-14-11)19-7-6-10(16)17/h2-5H,6-7H2,1H3,(H,16,17)(H,13,14,15). The highest BCUT2D eigenvalue weighted by molar-refractivity contribution is 7.99. The highest BCUT2D eigenvalue weighted by Crippen LogP contribution is 2.21. The van der Waals surface area contributed by atoms with Crippen molar-refractivity contribution in [3.63, 3.8) is 0 Å². The summed E-state index contributed by atoms with van der Waals surface area (Å²) in [6, 6.07) is 7.44. The van der Waals surface area contributed by atoms with Crippen molar-refractivity contribution in [1.29, 1.82) is 0 Å². The average molecular weight is 279 g/mol. The molecule has 2 rings (SSSR count). The van der Waals surface area contributed by atoms with Gasteiger partial charge in [0.2, 0.25) is 0 Å². The summed E-state index contributed by atoms with van der Waals surface area (Å²) in [5.74, 6) is 1.08. The molecule has 7 heteroatoms. The number of methoxy groups -OCH3 is 1. The number of nitrogens with one attached hydrogen (secondary N) is 1. The lowest BCUT2D eigenvalue weighted by molar-refractivity contribution is -0.136. The molecule has 0 aliphatic carbocycles. The smallest absolute Gasteiger partial charge is 0.304 e. The highest BCUT2D eigenvalue weighted by atomic mass is 32.2. The van der Waals surface area contributed by atoms with Gasteiger partial charge in [-0.1, -0.05) is 11.8 Å². The molecule has 0 fully saturated rings. The molecule has 0 unspecified atom stereocenters. The van der Waals surface area contributed by atoms with Crippen LogP contribution in [0.25, 0.3) is 11.4 Å². The average Bonchev–Trinajstić information content (AvgIpc) is 2.87. The Morgan fingerprint density at radius 1 is 1.37 bits per heavy atom. The summed E-state index contributed by atoms with van der Waals surface area (Å²) >= 11 is 1.34. The van der Waals surface area contributed by atoms with E-state index >= 15 is 0 Å². The number of carboxylic acids is 1. The van der Waals surface area contributed by atoms with Crippen LogP contribution in [0.5, 0.6) is 5.75 Å². The van der Waals surface area contributed by atoms with E-state index in [0.717, 1.165) is 11.3 Å². The number of nitrogens with zero attached hydrogens (tertiary/aromatic N) is 2. The molecule has 0 aliphatic heterocycles. The quantitative estimate of drug-likeness (QED) is 0.787. The van der Waals surface area contributed by atoms with Crippen molar-refractivity contribution in [1.82, 2.24) is 15.2 Å². The summed E-state index contributed by atoms with van der Waals surface area (Å²) in [4.78, 5) is 13.5. The van der Waals surface area contributed by atoms with Gasteiger partial charge in [0.1, 0.15) is 5.75 Å². The Morgan fingerprint density at radius 3 is 2.74 bits per heavy atom. The zero-order chi connectivity index (χ0) is 13.7. The minimum atomic E-state index is -0.817. The third-order valence-electron chi connectivity index (χ3n) is 2.38. The van der Waals surface area contributed by atoms with Crippen LogP contribution in [0.15, 0.2) is 29.4 Å². The van der Waals surface area contributed by atoms with E-state index in [-0.39, 0.29) is 6.42 Å². The van der Waals surface area contributed by atoms with E-state index in [1.807, 2.05) is 24.3 Å². The Morgan fingerprint density at radius 2 is 2.11 bits per heavy atom. The molecule has 0 bridgehead atoms. The second-order valence-electron chi connectivity index (χ2n) is 3.70. The van der Waals surface area contributed by atoms with Crippen LogP contribution in [0.3, 0.4) is 0 Å². The molecule has 1 aromatic carbocycles. The third kappa shape index (κ3) is 3.72. The van der Waals surface area contributed by atoms with E-state index in [0.29, 0.717) is 16.7 Å². The number of ether oxygens (including phenoxy) is 1. The van der Waals surface area contributed by atoms with Crippen LogP contribution in [0.4, 0.5) is 0 Å². The van der Waals surface area contributed by atoms with Crippen molar-refractivity contribution < 1.29 is 14.6 Å². The predicted octanol–water partition coefficient (Wildman–Crippen LogP) is 2.05. The van der Waals surface area contributed by atoms with Gasteiger partial charge in [-0.3, -0.25) is 4.79 Å². The van der Waals surface area contributed by atoms with Crippen molar-refractivity contribution in [2.45, 2.75) is 11.6 Å². The molecule has 0 saturated heterocycles. The van der Waals surface area contributed by atoms with Gasteiger partial charge < -0.3 is 14.8 Å². The fourth-order valence-corrected chi connectivity index (χ4v) is 2.16. The van der Waals surface area contributed by atoms with Crippen molar-refractivity contribution >= 4 is 17.7 Å². The molecular weight excluding hydrogens is 266 g/mol. The van der Waals surface area contributed by atoms with Gasteiger partial charge in [-0.05, 0) is 24.3 Å². The lowest BCUT2D eigenvalue weighted by Crippen LogP contribution is -1.95. The summed E-state index contributed by atoms with van der Waals surface area (Å²) in [7, 11) is 1.61. The van der Waals surface area contributed by atoms with Crippen LogP contribution in [0, 0.1) is 0 Å². The Labute approximate surface area is 114 Å². The van der Waals surface area contributed by atoms with Crippen LogP contribution >= 0.6 is 11.8 Å². The van der Waals surface area contributed by atoms with E-state index in [1.54, 1.807) is 7.11 Å². The molecule has 100 valence electrons. The number of thioether (sulfide) groups is 1. The Hall–Kier alpha value is -2.02. The van der Waals surface area contributed by atoms with Crippen LogP contribution < -0.4 is 4.74 Å². The fourth-order valence-electron chi connectivity index (χ4n) is 1.43. The number of aromatic amines is 1. The molecule has 19 heavy (non-hydrogen) atoms. The first-order valence-corrected chi connectivity index (χ1v) is 6.59. The maximum absolute atomic E-state index is 10.4. The number of hydrogen-bond donors (Lipinski definition) is 2. The fraction of sp³-hybridized carbons (Fsp3) is 0.250. The summed E-state index contributed by atoms with van der Waals surface area (Å²) in [6.45, 7) is 0. The summed E-state index contributed by atoms with van der Waals surface area (Å²) < 4.78 is 5.08. The maximum Gasteiger partial charge on any atom is 0.304 e. The minimum Gasteiger partial charge on any atom is -0.497 e. The first-order chi connectivity index (χ1) is 9.19. The van der Waals surface area contributed by atoms with Crippen LogP contribution in [0.2, 0.25) is 0 Å². The highest BCUT2D eigenvalue weighted by Gasteiger charge is 2.07. The number of aromatic nitrogens is 3. The van der Waals surface area contributed by atoms with Gasteiger partial charge in [-0.2, -0.15) is 0 Å². The molecule has 0 saturated carbocycles. The Balaban J connectivity index is 2.01. The molecule has 0 spiro atoms. The Kier molecular flexibility index (Phi) is 4.40. The molecule has 6 nitrogen and oxygen atoms in total. The normalized spacial score (nSPS) is 10.4.